The third-order valence-corrected chi connectivity index (χ3v) is 6.58. The third kappa shape index (κ3) is 2.43. The van der Waals surface area contributed by atoms with Gasteiger partial charge in [0, 0.05) is 6.04 Å². The molecular formula is C12H25NO2S. The molecule has 16 heavy (non-hydrogen) atoms. The molecule has 2 atom stereocenters. The Balaban J connectivity index is 3.04. The zero-order valence-corrected chi connectivity index (χ0v) is 11.9. The van der Waals surface area contributed by atoms with Gasteiger partial charge in [0.25, 0.3) is 0 Å². The molecular weight excluding hydrogens is 222 g/mol. The second kappa shape index (κ2) is 4.65. The van der Waals surface area contributed by atoms with Crippen molar-refractivity contribution in [3.8, 4) is 0 Å². The number of nitrogens with one attached hydrogen (secondary N) is 1. The number of hydrogen-bond donors (Lipinski definition) is 1. The Kier molecular flexibility index (Phi) is 4.06. The molecule has 96 valence electrons. The average molecular weight is 247 g/mol. The molecule has 0 aromatic heterocycles. The average Bonchev–Trinajstić information content (AvgIpc) is 2.15. The van der Waals surface area contributed by atoms with Gasteiger partial charge >= 0.3 is 0 Å². The second-order valence-corrected chi connectivity index (χ2v) is 8.55. The number of rotatable bonds is 3. The van der Waals surface area contributed by atoms with Crippen molar-refractivity contribution in [3.63, 3.8) is 0 Å². The molecule has 2 unspecified atom stereocenters. The van der Waals surface area contributed by atoms with Gasteiger partial charge in [-0.25, -0.2) is 8.42 Å². The summed E-state index contributed by atoms with van der Waals surface area (Å²) in [7, 11) is -1.12. The summed E-state index contributed by atoms with van der Waals surface area (Å²) in [5.41, 5.74) is 0.0691. The smallest absolute Gasteiger partial charge is 0.157 e. The summed E-state index contributed by atoms with van der Waals surface area (Å²) in [6.45, 7) is 7.89. The molecule has 1 fully saturated rings. The Bertz CT molecular complexity index is 333. The summed E-state index contributed by atoms with van der Waals surface area (Å²) in [6, 6.07) is 0.0775. The SMILES string of the molecule is CNC1C(S(=O)(=O)C(C)C)CCCC1(C)C. The molecule has 1 saturated carbocycles. The molecule has 0 amide bonds. The summed E-state index contributed by atoms with van der Waals surface area (Å²) in [5.74, 6) is 0. The van der Waals surface area contributed by atoms with E-state index < -0.39 is 9.84 Å². The van der Waals surface area contributed by atoms with Crippen LogP contribution in [0.5, 0.6) is 0 Å². The van der Waals surface area contributed by atoms with Crippen molar-refractivity contribution >= 4 is 9.84 Å². The summed E-state index contributed by atoms with van der Waals surface area (Å²) in [6.07, 6.45) is 2.92. The normalized spacial score (nSPS) is 30.6. The Morgan fingerprint density at radius 3 is 2.31 bits per heavy atom. The van der Waals surface area contributed by atoms with Crippen LogP contribution in [-0.2, 0) is 9.84 Å². The zero-order valence-electron chi connectivity index (χ0n) is 11.1. The lowest BCUT2D eigenvalue weighted by Crippen LogP contribution is -2.55. The van der Waals surface area contributed by atoms with E-state index in [1.165, 1.54) is 0 Å². The summed E-state index contributed by atoms with van der Waals surface area (Å²) < 4.78 is 24.6. The van der Waals surface area contributed by atoms with Crippen LogP contribution in [0.3, 0.4) is 0 Å². The van der Waals surface area contributed by atoms with Gasteiger partial charge in [0.2, 0.25) is 0 Å². The largest absolute Gasteiger partial charge is 0.315 e. The van der Waals surface area contributed by atoms with Crippen LogP contribution >= 0.6 is 0 Å². The first-order valence-corrected chi connectivity index (χ1v) is 7.74. The molecule has 0 saturated heterocycles. The van der Waals surface area contributed by atoms with Crippen LogP contribution < -0.4 is 5.32 Å². The zero-order chi connectivity index (χ0) is 12.6. The van der Waals surface area contributed by atoms with E-state index in [2.05, 4.69) is 19.2 Å². The van der Waals surface area contributed by atoms with Crippen molar-refractivity contribution in [1.82, 2.24) is 5.32 Å². The topological polar surface area (TPSA) is 46.2 Å². The Hall–Kier alpha value is -0.0900. The molecule has 1 N–H and O–H groups in total. The van der Waals surface area contributed by atoms with Gasteiger partial charge in [0.1, 0.15) is 0 Å². The van der Waals surface area contributed by atoms with E-state index in [0.29, 0.717) is 0 Å². The van der Waals surface area contributed by atoms with Gasteiger partial charge in [0.15, 0.2) is 9.84 Å². The molecule has 4 heteroatoms. The van der Waals surface area contributed by atoms with Crippen molar-refractivity contribution in [2.45, 2.75) is 63.5 Å². The molecule has 0 aliphatic heterocycles. The second-order valence-electron chi connectivity index (χ2n) is 5.82. The first kappa shape index (κ1) is 14.0. The van der Waals surface area contributed by atoms with Crippen molar-refractivity contribution < 1.29 is 8.42 Å². The molecule has 0 aromatic rings. The van der Waals surface area contributed by atoms with Crippen LogP contribution in [0, 0.1) is 5.41 Å². The van der Waals surface area contributed by atoms with Gasteiger partial charge in [-0.05, 0) is 39.2 Å². The molecule has 0 aromatic carbocycles. The van der Waals surface area contributed by atoms with Crippen molar-refractivity contribution in [3.05, 3.63) is 0 Å². The lowest BCUT2D eigenvalue weighted by Gasteiger charge is -2.44. The highest BCUT2D eigenvalue weighted by Crippen LogP contribution is 2.39. The van der Waals surface area contributed by atoms with Gasteiger partial charge in [-0.3, -0.25) is 0 Å². The predicted octanol–water partition coefficient (Wildman–Crippen LogP) is 1.98. The van der Waals surface area contributed by atoms with Gasteiger partial charge in [-0.1, -0.05) is 20.3 Å². The van der Waals surface area contributed by atoms with E-state index in [1.807, 2.05) is 7.05 Å². The minimum Gasteiger partial charge on any atom is -0.315 e. The van der Waals surface area contributed by atoms with Gasteiger partial charge < -0.3 is 5.32 Å². The van der Waals surface area contributed by atoms with E-state index in [9.17, 15) is 8.42 Å². The summed E-state index contributed by atoms with van der Waals surface area (Å²) in [5, 5.41) is 2.73. The Morgan fingerprint density at radius 1 is 1.31 bits per heavy atom. The maximum atomic E-state index is 12.3. The van der Waals surface area contributed by atoms with Gasteiger partial charge in [0.05, 0.1) is 10.5 Å². The summed E-state index contributed by atoms with van der Waals surface area (Å²) >= 11 is 0. The monoisotopic (exact) mass is 247 g/mol. The standard InChI is InChI=1S/C12H25NO2S/c1-9(2)16(14,15)10-7-6-8-12(3,4)11(10)13-5/h9-11,13H,6-8H2,1-5H3. The molecule has 0 bridgehead atoms. The van der Waals surface area contributed by atoms with Gasteiger partial charge in [-0.15, -0.1) is 0 Å². The van der Waals surface area contributed by atoms with Crippen LogP contribution in [0.4, 0.5) is 0 Å². The van der Waals surface area contributed by atoms with Crippen molar-refractivity contribution in [2.75, 3.05) is 7.05 Å². The highest BCUT2D eigenvalue weighted by atomic mass is 32.2. The fraction of sp³-hybridized carbons (Fsp3) is 1.00. The third-order valence-electron chi connectivity index (χ3n) is 3.91. The fourth-order valence-corrected chi connectivity index (χ4v) is 4.94. The fourth-order valence-electron chi connectivity index (χ4n) is 2.86. The van der Waals surface area contributed by atoms with Crippen LogP contribution in [0.25, 0.3) is 0 Å². The number of sulfone groups is 1. The van der Waals surface area contributed by atoms with E-state index in [4.69, 9.17) is 0 Å². The van der Waals surface area contributed by atoms with Crippen LogP contribution in [-0.4, -0.2) is 32.0 Å². The first-order valence-electron chi connectivity index (χ1n) is 6.13. The molecule has 3 nitrogen and oxygen atoms in total. The first-order chi connectivity index (χ1) is 7.23. The highest BCUT2D eigenvalue weighted by Gasteiger charge is 2.44. The molecule has 1 rings (SSSR count). The molecule has 1 aliphatic carbocycles. The highest BCUT2D eigenvalue weighted by molar-refractivity contribution is 7.92. The van der Waals surface area contributed by atoms with E-state index in [1.54, 1.807) is 13.8 Å². The minimum atomic E-state index is -2.99. The van der Waals surface area contributed by atoms with Gasteiger partial charge in [-0.2, -0.15) is 0 Å². The maximum absolute atomic E-state index is 12.3. The Labute approximate surface area is 99.9 Å². The summed E-state index contributed by atoms with van der Waals surface area (Å²) in [4.78, 5) is 0. The number of hydrogen-bond acceptors (Lipinski definition) is 3. The molecule has 1 aliphatic rings. The quantitative estimate of drug-likeness (QED) is 0.829. The van der Waals surface area contributed by atoms with Crippen molar-refractivity contribution in [2.24, 2.45) is 5.41 Å². The van der Waals surface area contributed by atoms with E-state index in [0.717, 1.165) is 19.3 Å². The van der Waals surface area contributed by atoms with Crippen LogP contribution in [0.15, 0.2) is 0 Å². The van der Waals surface area contributed by atoms with E-state index in [-0.39, 0.29) is 22.0 Å². The Morgan fingerprint density at radius 2 is 1.88 bits per heavy atom. The maximum Gasteiger partial charge on any atom is 0.157 e. The van der Waals surface area contributed by atoms with Crippen LogP contribution in [0.1, 0.15) is 47.0 Å². The minimum absolute atomic E-state index is 0.0691. The lowest BCUT2D eigenvalue weighted by molar-refractivity contribution is 0.178. The van der Waals surface area contributed by atoms with E-state index >= 15 is 0 Å². The molecule has 0 heterocycles. The molecule has 0 spiro atoms. The lowest BCUT2D eigenvalue weighted by atomic mass is 9.73. The molecule has 0 radical (unpaired) electrons. The van der Waals surface area contributed by atoms with Crippen molar-refractivity contribution in [1.29, 1.82) is 0 Å². The predicted molar refractivity (Wildman–Crippen MR) is 68.3 cm³/mol. The van der Waals surface area contributed by atoms with Crippen LogP contribution in [0.2, 0.25) is 0 Å².